The quantitative estimate of drug-likeness (QED) is 0.805. The van der Waals surface area contributed by atoms with Crippen LogP contribution in [-0.2, 0) is 11.3 Å². The first-order valence-corrected chi connectivity index (χ1v) is 5.51. The lowest BCUT2D eigenvalue weighted by atomic mass is 10.1. The number of rotatable bonds is 2. The molecule has 1 aliphatic heterocycles. The molecule has 2 N–H and O–H groups in total. The summed E-state index contributed by atoms with van der Waals surface area (Å²) >= 11 is 0. The summed E-state index contributed by atoms with van der Waals surface area (Å²) in [4.78, 5) is 0. The summed E-state index contributed by atoms with van der Waals surface area (Å²) < 4.78 is 7.45. The minimum absolute atomic E-state index is 0.350. The molecule has 1 atom stereocenters. The van der Waals surface area contributed by atoms with Crippen LogP contribution in [0.2, 0.25) is 0 Å². The van der Waals surface area contributed by atoms with Crippen molar-refractivity contribution >= 4 is 5.65 Å². The molecule has 3 heterocycles. The Hall–Kier alpha value is -1.46. The number of nitrogens with two attached hydrogens (primary N) is 1. The van der Waals surface area contributed by atoms with Gasteiger partial charge in [0.15, 0.2) is 5.65 Å². The van der Waals surface area contributed by atoms with E-state index in [1.165, 1.54) is 0 Å². The van der Waals surface area contributed by atoms with Gasteiger partial charge in [0.1, 0.15) is 5.82 Å². The number of hydrogen-bond acceptors (Lipinski definition) is 4. The van der Waals surface area contributed by atoms with E-state index in [1.54, 1.807) is 0 Å². The summed E-state index contributed by atoms with van der Waals surface area (Å²) in [6, 6.07) is 5.92. The summed E-state index contributed by atoms with van der Waals surface area (Å²) in [6.45, 7) is 2.04. The number of fused-ring (bicyclic) bond motifs is 1. The van der Waals surface area contributed by atoms with Gasteiger partial charge in [0, 0.05) is 24.8 Å². The Labute approximate surface area is 93.2 Å². The lowest BCUT2D eigenvalue weighted by Crippen LogP contribution is -2.10. The zero-order valence-electron chi connectivity index (χ0n) is 8.97. The van der Waals surface area contributed by atoms with Gasteiger partial charge in [-0.25, -0.2) is 0 Å². The van der Waals surface area contributed by atoms with Crippen LogP contribution in [-0.4, -0.2) is 27.8 Å². The second kappa shape index (κ2) is 3.84. The van der Waals surface area contributed by atoms with Crippen LogP contribution in [0, 0.1) is 0 Å². The third-order valence-electron chi connectivity index (χ3n) is 3.04. The third-order valence-corrected chi connectivity index (χ3v) is 3.04. The smallest absolute Gasteiger partial charge is 0.161 e. The van der Waals surface area contributed by atoms with Crippen LogP contribution in [0.25, 0.3) is 5.65 Å². The predicted octanol–water partition coefficient (Wildman–Crippen LogP) is 0.692. The van der Waals surface area contributed by atoms with E-state index in [4.69, 9.17) is 10.5 Å². The van der Waals surface area contributed by atoms with Crippen LogP contribution in [0.5, 0.6) is 0 Å². The molecule has 0 spiro atoms. The lowest BCUT2D eigenvalue weighted by molar-refractivity contribution is 0.193. The fourth-order valence-electron chi connectivity index (χ4n) is 2.19. The van der Waals surface area contributed by atoms with Crippen molar-refractivity contribution in [2.45, 2.75) is 18.9 Å². The third kappa shape index (κ3) is 1.40. The molecule has 5 nitrogen and oxygen atoms in total. The fraction of sp³-hybridized carbons (Fsp3) is 0.455. The van der Waals surface area contributed by atoms with Crippen LogP contribution >= 0.6 is 0 Å². The van der Waals surface area contributed by atoms with Crippen LogP contribution < -0.4 is 5.73 Å². The molecule has 0 radical (unpaired) electrons. The maximum absolute atomic E-state index is 5.74. The van der Waals surface area contributed by atoms with E-state index < -0.39 is 0 Å². The molecule has 84 valence electrons. The Balaban J connectivity index is 2.16. The number of pyridine rings is 1. The van der Waals surface area contributed by atoms with Gasteiger partial charge in [0.25, 0.3) is 0 Å². The first-order chi connectivity index (χ1) is 7.90. The molecular formula is C11H14N4O. The number of ether oxygens (including phenoxy) is 1. The lowest BCUT2D eigenvalue weighted by Gasteiger charge is -2.08. The SMILES string of the molecule is NCc1cccc2nnc(C3CCOC3)n12. The Kier molecular flexibility index (Phi) is 2.34. The molecule has 5 heteroatoms. The van der Waals surface area contributed by atoms with Crippen molar-refractivity contribution < 1.29 is 4.74 Å². The Morgan fingerprint density at radius 1 is 1.44 bits per heavy atom. The molecule has 0 bridgehead atoms. The van der Waals surface area contributed by atoms with E-state index >= 15 is 0 Å². The van der Waals surface area contributed by atoms with Gasteiger partial charge in [0.2, 0.25) is 0 Å². The van der Waals surface area contributed by atoms with E-state index in [2.05, 4.69) is 14.6 Å². The highest BCUT2D eigenvalue weighted by molar-refractivity contribution is 5.40. The zero-order chi connectivity index (χ0) is 11.0. The van der Waals surface area contributed by atoms with E-state index in [-0.39, 0.29) is 0 Å². The Bertz CT molecular complexity index is 502. The van der Waals surface area contributed by atoms with Gasteiger partial charge in [-0.05, 0) is 18.6 Å². The van der Waals surface area contributed by atoms with Crippen molar-refractivity contribution in [3.05, 3.63) is 29.7 Å². The summed E-state index contributed by atoms with van der Waals surface area (Å²) in [6.07, 6.45) is 1.01. The molecule has 1 fully saturated rings. The first kappa shape index (κ1) is 9.74. The van der Waals surface area contributed by atoms with Crippen LogP contribution in [0.3, 0.4) is 0 Å². The molecule has 16 heavy (non-hydrogen) atoms. The van der Waals surface area contributed by atoms with Crippen molar-refractivity contribution in [1.29, 1.82) is 0 Å². The van der Waals surface area contributed by atoms with Gasteiger partial charge in [-0.15, -0.1) is 10.2 Å². The van der Waals surface area contributed by atoms with Crippen molar-refractivity contribution in [2.24, 2.45) is 5.73 Å². The summed E-state index contributed by atoms with van der Waals surface area (Å²) in [5, 5.41) is 8.44. The second-order valence-corrected chi connectivity index (χ2v) is 4.03. The summed E-state index contributed by atoms with van der Waals surface area (Å²) in [5.74, 6) is 1.33. The molecule has 0 aromatic carbocycles. The van der Waals surface area contributed by atoms with E-state index in [9.17, 15) is 0 Å². The molecule has 1 saturated heterocycles. The molecule has 3 rings (SSSR count). The van der Waals surface area contributed by atoms with Crippen molar-refractivity contribution in [3.63, 3.8) is 0 Å². The maximum atomic E-state index is 5.74. The highest BCUT2D eigenvalue weighted by atomic mass is 16.5. The molecular weight excluding hydrogens is 204 g/mol. The molecule has 2 aromatic rings. The van der Waals surface area contributed by atoms with Gasteiger partial charge in [0.05, 0.1) is 6.61 Å². The average molecular weight is 218 g/mol. The largest absolute Gasteiger partial charge is 0.381 e. The molecule has 0 aliphatic carbocycles. The van der Waals surface area contributed by atoms with Gasteiger partial charge in [-0.1, -0.05) is 6.07 Å². The number of nitrogens with zero attached hydrogens (tertiary/aromatic N) is 3. The average Bonchev–Trinajstić information content (AvgIpc) is 2.96. The maximum Gasteiger partial charge on any atom is 0.161 e. The van der Waals surface area contributed by atoms with E-state index in [0.29, 0.717) is 12.5 Å². The van der Waals surface area contributed by atoms with Gasteiger partial charge in [-0.2, -0.15) is 0 Å². The number of aromatic nitrogens is 3. The minimum Gasteiger partial charge on any atom is -0.381 e. The number of hydrogen-bond donors (Lipinski definition) is 1. The van der Waals surface area contributed by atoms with Crippen LogP contribution in [0.15, 0.2) is 18.2 Å². The summed E-state index contributed by atoms with van der Waals surface area (Å²) in [5.41, 5.74) is 7.65. The second-order valence-electron chi connectivity index (χ2n) is 4.03. The zero-order valence-corrected chi connectivity index (χ0v) is 8.97. The molecule has 1 unspecified atom stereocenters. The monoisotopic (exact) mass is 218 g/mol. The molecule has 2 aromatic heterocycles. The van der Waals surface area contributed by atoms with E-state index in [1.807, 2.05) is 18.2 Å². The van der Waals surface area contributed by atoms with Crippen LogP contribution in [0.4, 0.5) is 0 Å². The first-order valence-electron chi connectivity index (χ1n) is 5.51. The van der Waals surface area contributed by atoms with Gasteiger partial charge < -0.3 is 10.5 Å². The van der Waals surface area contributed by atoms with Crippen LogP contribution in [0.1, 0.15) is 23.9 Å². The Morgan fingerprint density at radius 3 is 3.12 bits per heavy atom. The topological polar surface area (TPSA) is 65.4 Å². The Morgan fingerprint density at radius 2 is 2.38 bits per heavy atom. The highest BCUT2D eigenvalue weighted by Gasteiger charge is 2.23. The molecule has 1 aliphatic rings. The van der Waals surface area contributed by atoms with Gasteiger partial charge in [-0.3, -0.25) is 4.40 Å². The van der Waals surface area contributed by atoms with Gasteiger partial charge >= 0.3 is 0 Å². The van der Waals surface area contributed by atoms with E-state index in [0.717, 1.165) is 36.8 Å². The minimum atomic E-state index is 0.350. The highest BCUT2D eigenvalue weighted by Crippen LogP contribution is 2.24. The predicted molar refractivity (Wildman–Crippen MR) is 59.1 cm³/mol. The molecule has 0 amide bonds. The van der Waals surface area contributed by atoms with Crippen molar-refractivity contribution in [1.82, 2.24) is 14.6 Å². The standard InChI is InChI=1S/C11H14N4O/c12-6-9-2-1-3-10-13-14-11(15(9)10)8-4-5-16-7-8/h1-3,8H,4-7,12H2. The van der Waals surface area contributed by atoms with Crippen molar-refractivity contribution in [2.75, 3.05) is 13.2 Å². The normalized spacial score (nSPS) is 20.7. The molecule has 0 saturated carbocycles. The van der Waals surface area contributed by atoms with Crippen molar-refractivity contribution in [3.8, 4) is 0 Å². The fourth-order valence-corrected chi connectivity index (χ4v) is 2.19. The summed E-state index contributed by atoms with van der Waals surface area (Å²) in [7, 11) is 0.